The molecule has 3 N–H and O–H groups in total. The first kappa shape index (κ1) is 11.6. The van der Waals surface area contributed by atoms with E-state index >= 15 is 0 Å². The average Bonchev–Trinajstić information content (AvgIpc) is 2.56. The summed E-state index contributed by atoms with van der Waals surface area (Å²) in [6, 6.07) is 7.34. The second kappa shape index (κ2) is 4.16. The summed E-state index contributed by atoms with van der Waals surface area (Å²) < 4.78 is 25.7. The van der Waals surface area contributed by atoms with Gasteiger partial charge in [-0.05, 0) is 24.5 Å². The number of nitrogens with two attached hydrogens (primary N) is 1. The maximum absolute atomic E-state index is 11.5. The maximum atomic E-state index is 11.5. The molecule has 0 amide bonds. The van der Waals surface area contributed by atoms with Crippen molar-refractivity contribution in [3.63, 3.8) is 0 Å². The molecule has 16 heavy (non-hydrogen) atoms. The van der Waals surface area contributed by atoms with E-state index in [4.69, 9.17) is 5.73 Å². The first-order valence-electron chi connectivity index (χ1n) is 5.37. The van der Waals surface area contributed by atoms with E-state index in [1.54, 1.807) is 6.92 Å². The van der Waals surface area contributed by atoms with E-state index in [1.165, 1.54) is 0 Å². The molecule has 0 saturated heterocycles. The summed E-state index contributed by atoms with van der Waals surface area (Å²) in [5.74, 6) is 0.0817. The fourth-order valence-corrected chi connectivity index (χ4v) is 2.91. The molecule has 1 aliphatic rings. The summed E-state index contributed by atoms with van der Waals surface area (Å²) in [6.45, 7) is 1.62. The highest BCUT2D eigenvalue weighted by Crippen LogP contribution is 2.30. The van der Waals surface area contributed by atoms with Crippen LogP contribution in [-0.2, 0) is 16.4 Å². The molecule has 0 bridgehead atoms. The van der Waals surface area contributed by atoms with E-state index in [0.717, 1.165) is 17.5 Å². The van der Waals surface area contributed by atoms with Crippen LogP contribution in [0.1, 0.15) is 24.1 Å². The summed E-state index contributed by atoms with van der Waals surface area (Å²) in [5, 5.41) is 0. The van der Waals surface area contributed by atoms with Crippen molar-refractivity contribution in [2.24, 2.45) is 5.73 Å². The first-order chi connectivity index (χ1) is 7.53. The Morgan fingerprint density at radius 3 is 2.81 bits per heavy atom. The van der Waals surface area contributed by atoms with Gasteiger partial charge < -0.3 is 5.73 Å². The second-order valence-electron chi connectivity index (χ2n) is 4.07. The lowest BCUT2D eigenvalue weighted by Gasteiger charge is -2.17. The average molecular weight is 240 g/mol. The lowest BCUT2D eigenvalue weighted by atomic mass is 10.1. The monoisotopic (exact) mass is 240 g/mol. The standard InChI is InChI=1S/C11H16N2O2S/c1-2-16(14,15)13-11-9-6-4-3-5-8(9)7-10(11)12/h3-6,10-11,13H,2,7,12H2,1H3. The van der Waals surface area contributed by atoms with E-state index in [2.05, 4.69) is 4.72 Å². The summed E-state index contributed by atoms with van der Waals surface area (Å²) >= 11 is 0. The Labute approximate surface area is 95.9 Å². The number of hydrogen-bond acceptors (Lipinski definition) is 3. The SMILES string of the molecule is CCS(=O)(=O)NC1c2ccccc2CC1N. The third-order valence-corrected chi connectivity index (χ3v) is 4.33. The van der Waals surface area contributed by atoms with Crippen molar-refractivity contribution < 1.29 is 8.42 Å². The Morgan fingerprint density at radius 1 is 1.44 bits per heavy atom. The fraction of sp³-hybridized carbons (Fsp3) is 0.455. The van der Waals surface area contributed by atoms with Crippen LogP contribution in [-0.4, -0.2) is 20.2 Å². The van der Waals surface area contributed by atoms with Crippen molar-refractivity contribution in [1.82, 2.24) is 4.72 Å². The van der Waals surface area contributed by atoms with Gasteiger partial charge in [0.1, 0.15) is 0 Å². The van der Waals surface area contributed by atoms with Gasteiger partial charge in [0.2, 0.25) is 10.0 Å². The lowest BCUT2D eigenvalue weighted by molar-refractivity contribution is 0.518. The molecule has 5 heteroatoms. The zero-order valence-corrected chi connectivity index (χ0v) is 10.00. The van der Waals surface area contributed by atoms with Crippen LogP contribution < -0.4 is 10.5 Å². The van der Waals surface area contributed by atoms with Crippen molar-refractivity contribution in [1.29, 1.82) is 0 Å². The van der Waals surface area contributed by atoms with E-state index < -0.39 is 10.0 Å². The summed E-state index contributed by atoms with van der Waals surface area (Å²) in [4.78, 5) is 0. The first-order valence-corrected chi connectivity index (χ1v) is 7.02. The van der Waals surface area contributed by atoms with Gasteiger partial charge in [-0.25, -0.2) is 13.1 Å². The van der Waals surface area contributed by atoms with Crippen molar-refractivity contribution in [2.45, 2.75) is 25.4 Å². The molecule has 4 nitrogen and oxygen atoms in total. The molecule has 1 aromatic carbocycles. The molecule has 0 aliphatic heterocycles. The van der Waals surface area contributed by atoms with Gasteiger partial charge in [-0.3, -0.25) is 0 Å². The van der Waals surface area contributed by atoms with E-state index in [9.17, 15) is 8.42 Å². The molecule has 88 valence electrons. The quantitative estimate of drug-likeness (QED) is 0.810. The van der Waals surface area contributed by atoms with Crippen LogP contribution in [0.3, 0.4) is 0 Å². The summed E-state index contributed by atoms with van der Waals surface area (Å²) in [7, 11) is -3.21. The highest BCUT2D eigenvalue weighted by molar-refractivity contribution is 7.89. The normalized spacial score (nSPS) is 24.4. The Kier molecular flexibility index (Phi) is 3.01. The highest BCUT2D eigenvalue weighted by atomic mass is 32.2. The van der Waals surface area contributed by atoms with E-state index in [-0.39, 0.29) is 17.8 Å². The largest absolute Gasteiger partial charge is 0.326 e. The van der Waals surface area contributed by atoms with Gasteiger partial charge in [0.05, 0.1) is 11.8 Å². The molecular formula is C11H16N2O2S. The van der Waals surface area contributed by atoms with Crippen molar-refractivity contribution >= 4 is 10.0 Å². The molecule has 0 fully saturated rings. The molecule has 1 aromatic rings. The molecular weight excluding hydrogens is 224 g/mol. The van der Waals surface area contributed by atoms with Crippen LogP contribution in [0.25, 0.3) is 0 Å². The number of fused-ring (bicyclic) bond motifs is 1. The van der Waals surface area contributed by atoms with Gasteiger partial charge in [-0.2, -0.15) is 0 Å². The predicted molar refractivity (Wildman–Crippen MR) is 63.5 cm³/mol. The summed E-state index contributed by atoms with van der Waals surface area (Å²) in [6.07, 6.45) is 0.729. The Balaban J connectivity index is 2.30. The number of rotatable bonds is 3. The number of hydrogen-bond donors (Lipinski definition) is 2. The molecule has 2 unspecified atom stereocenters. The maximum Gasteiger partial charge on any atom is 0.211 e. The lowest BCUT2D eigenvalue weighted by Crippen LogP contribution is -2.39. The molecule has 2 rings (SSSR count). The summed E-state index contributed by atoms with van der Waals surface area (Å²) in [5.41, 5.74) is 8.11. The number of benzene rings is 1. The number of sulfonamides is 1. The minimum absolute atomic E-state index is 0.0817. The number of nitrogens with one attached hydrogen (secondary N) is 1. The van der Waals surface area contributed by atoms with Crippen LogP contribution in [0.2, 0.25) is 0 Å². The van der Waals surface area contributed by atoms with Gasteiger partial charge in [-0.1, -0.05) is 24.3 Å². The molecule has 1 aliphatic carbocycles. The molecule has 0 radical (unpaired) electrons. The topological polar surface area (TPSA) is 72.2 Å². The minimum atomic E-state index is -3.21. The fourth-order valence-electron chi connectivity index (χ4n) is 2.05. The van der Waals surface area contributed by atoms with Crippen molar-refractivity contribution in [3.05, 3.63) is 35.4 Å². The molecule has 2 atom stereocenters. The minimum Gasteiger partial charge on any atom is -0.326 e. The van der Waals surface area contributed by atoms with Crippen molar-refractivity contribution in [3.8, 4) is 0 Å². The van der Waals surface area contributed by atoms with Gasteiger partial charge in [-0.15, -0.1) is 0 Å². The third kappa shape index (κ3) is 2.11. The zero-order chi connectivity index (χ0) is 11.8. The van der Waals surface area contributed by atoms with Gasteiger partial charge in [0, 0.05) is 6.04 Å². The Morgan fingerprint density at radius 2 is 2.12 bits per heavy atom. The van der Waals surface area contributed by atoms with Gasteiger partial charge in [0.25, 0.3) is 0 Å². The van der Waals surface area contributed by atoms with Crippen molar-refractivity contribution in [2.75, 3.05) is 5.75 Å². The van der Waals surface area contributed by atoms with Crippen LogP contribution in [0, 0.1) is 0 Å². The molecule has 0 heterocycles. The van der Waals surface area contributed by atoms with Crippen LogP contribution >= 0.6 is 0 Å². The van der Waals surface area contributed by atoms with E-state index in [1.807, 2.05) is 24.3 Å². The van der Waals surface area contributed by atoms with Gasteiger partial charge >= 0.3 is 0 Å². The Hall–Kier alpha value is -0.910. The molecule has 0 saturated carbocycles. The van der Waals surface area contributed by atoms with Gasteiger partial charge in [0.15, 0.2) is 0 Å². The third-order valence-electron chi connectivity index (χ3n) is 2.96. The zero-order valence-electron chi connectivity index (χ0n) is 9.18. The van der Waals surface area contributed by atoms with Crippen LogP contribution in [0.5, 0.6) is 0 Å². The van der Waals surface area contributed by atoms with E-state index in [0.29, 0.717) is 0 Å². The second-order valence-corrected chi connectivity index (χ2v) is 6.11. The smallest absolute Gasteiger partial charge is 0.211 e. The molecule has 0 aromatic heterocycles. The predicted octanol–water partition coefficient (Wildman–Crippen LogP) is 0.550. The highest BCUT2D eigenvalue weighted by Gasteiger charge is 2.31. The Bertz CT molecular complexity index is 485. The molecule has 0 spiro atoms. The van der Waals surface area contributed by atoms with Crippen LogP contribution in [0.4, 0.5) is 0 Å². The van der Waals surface area contributed by atoms with Crippen LogP contribution in [0.15, 0.2) is 24.3 Å².